The zero-order valence-corrected chi connectivity index (χ0v) is 11.1. The van der Waals surface area contributed by atoms with Crippen LogP contribution in [0.15, 0.2) is 18.3 Å². The molecule has 0 aromatic carbocycles. The van der Waals surface area contributed by atoms with E-state index in [2.05, 4.69) is 4.98 Å². The van der Waals surface area contributed by atoms with Crippen LogP contribution in [-0.4, -0.2) is 44.0 Å². The molecule has 1 aromatic heterocycles. The second kappa shape index (κ2) is 5.56. The number of pyridine rings is 1. The van der Waals surface area contributed by atoms with E-state index in [1.165, 1.54) is 22.7 Å². The van der Waals surface area contributed by atoms with Crippen LogP contribution in [0.25, 0.3) is 0 Å². The highest BCUT2D eigenvalue weighted by Crippen LogP contribution is 2.32. The summed E-state index contributed by atoms with van der Waals surface area (Å²) in [6, 6.07) is 1.57. The molecule has 0 aliphatic carbocycles. The summed E-state index contributed by atoms with van der Waals surface area (Å²) >= 11 is 1.44. The number of carbonyl (C=O) groups is 2. The minimum Gasteiger partial charge on any atom is -0.480 e. The Balaban J connectivity index is 2.28. The Bertz CT molecular complexity index is 494. The molecule has 1 N–H and O–H groups in total. The molecule has 1 aliphatic rings. The third-order valence-corrected chi connectivity index (χ3v) is 4.39. The van der Waals surface area contributed by atoms with E-state index >= 15 is 0 Å². The standard InChI is InChI=1S/C12H13FN2O3S/c1-2-10-15(8(6-19-10)12(17)18)11(16)7-3-4-9(13)14-5-7/h3-5,8,10H,2,6H2,1H3,(H,17,18). The van der Waals surface area contributed by atoms with Crippen molar-refractivity contribution in [2.75, 3.05) is 5.75 Å². The maximum absolute atomic E-state index is 12.7. The summed E-state index contributed by atoms with van der Waals surface area (Å²) in [5, 5.41) is 8.99. The number of carbonyl (C=O) groups excluding carboxylic acids is 1. The Labute approximate surface area is 113 Å². The van der Waals surface area contributed by atoms with Gasteiger partial charge in [-0.15, -0.1) is 11.8 Å². The minimum absolute atomic E-state index is 0.168. The lowest BCUT2D eigenvalue weighted by atomic mass is 10.2. The molecule has 2 heterocycles. The lowest BCUT2D eigenvalue weighted by Gasteiger charge is -2.26. The quantitative estimate of drug-likeness (QED) is 0.854. The molecule has 1 saturated heterocycles. The van der Waals surface area contributed by atoms with Gasteiger partial charge in [0, 0.05) is 11.9 Å². The Kier molecular flexibility index (Phi) is 4.04. The van der Waals surface area contributed by atoms with Crippen molar-refractivity contribution < 1.29 is 19.1 Å². The molecular weight excluding hydrogens is 271 g/mol. The fourth-order valence-electron chi connectivity index (χ4n) is 1.99. The Morgan fingerprint density at radius 3 is 2.84 bits per heavy atom. The number of halogens is 1. The van der Waals surface area contributed by atoms with Crippen molar-refractivity contribution in [2.24, 2.45) is 0 Å². The zero-order chi connectivity index (χ0) is 14.0. The number of carboxylic acid groups (broad SMARTS) is 1. The maximum atomic E-state index is 12.7. The van der Waals surface area contributed by atoms with Gasteiger partial charge >= 0.3 is 5.97 Å². The molecular formula is C12H13FN2O3S. The summed E-state index contributed by atoms with van der Waals surface area (Å²) in [6.07, 6.45) is 1.79. The van der Waals surface area contributed by atoms with Crippen LogP contribution in [0.2, 0.25) is 0 Å². The summed E-state index contributed by atoms with van der Waals surface area (Å²) in [7, 11) is 0. The highest BCUT2D eigenvalue weighted by molar-refractivity contribution is 8.00. The van der Waals surface area contributed by atoms with Crippen LogP contribution in [0.3, 0.4) is 0 Å². The molecule has 2 unspecified atom stereocenters. The molecule has 2 atom stereocenters. The van der Waals surface area contributed by atoms with Gasteiger partial charge in [0.25, 0.3) is 5.91 Å². The molecule has 1 aromatic rings. The number of rotatable bonds is 3. The van der Waals surface area contributed by atoms with Gasteiger partial charge in [0.15, 0.2) is 0 Å². The number of aliphatic carboxylic acids is 1. The summed E-state index contributed by atoms with van der Waals surface area (Å²) in [5.74, 6) is -1.74. The number of aromatic nitrogens is 1. The van der Waals surface area contributed by atoms with Crippen LogP contribution < -0.4 is 0 Å². The molecule has 1 amide bonds. The summed E-state index contributed by atoms with van der Waals surface area (Å²) in [4.78, 5) is 28.3. The number of hydrogen-bond acceptors (Lipinski definition) is 4. The molecule has 0 spiro atoms. The molecule has 1 aliphatic heterocycles. The number of hydrogen-bond donors (Lipinski definition) is 1. The predicted octanol–water partition coefficient (Wildman–Crippen LogP) is 1.60. The average Bonchev–Trinajstić information content (AvgIpc) is 2.82. The van der Waals surface area contributed by atoms with Crippen molar-refractivity contribution in [2.45, 2.75) is 24.8 Å². The topological polar surface area (TPSA) is 70.5 Å². The van der Waals surface area contributed by atoms with Crippen molar-refractivity contribution in [1.29, 1.82) is 0 Å². The molecule has 2 rings (SSSR count). The Morgan fingerprint density at radius 2 is 2.32 bits per heavy atom. The van der Waals surface area contributed by atoms with Gasteiger partial charge in [0.05, 0.1) is 10.9 Å². The molecule has 102 valence electrons. The first kappa shape index (κ1) is 13.8. The third kappa shape index (κ3) is 2.70. The Hall–Kier alpha value is -1.63. The van der Waals surface area contributed by atoms with Gasteiger partial charge in [0.2, 0.25) is 5.95 Å². The lowest BCUT2D eigenvalue weighted by molar-refractivity contribution is -0.141. The van der Waals surface area contributed by atoms with Crippen molar-refractivity contribution in [3.8, 4) is 0 Å². The molecule has 19 heavy (non-hydrogen) atoms. The van der Waals surface area contributed by atoms with Crippen LogP contribution in [0.5, 0.6) is 0 Å². The predicted molar refractivity (Wildman–Crippen MR) is 68.3 cm³/mol. The van der Waals surface area contributed by atoms with E-state index in [0.29, 0.717) is 12.2 Å². The number of carboxylic acids is 1. The second-order valence-corrected chi connectivity index (χ2v) is 5.34. The molecule has 0 bridgehead atoms. The van der Waals surface area contributed by atoms with Crippen molar-refractivity contribution in [3.63, 3.8) is 0 Å². The highest BCUT2D eigenvalue weighted by atomic mass is 32.2. The van der Waals surface area contributed by atoms with E-state index < -0.39 is 23.9 Å². The first-order chi connectivity index (χ1) is 9.04. The third-order valence-electron chi connectivity index (χ3n) is 2.94. The van der Waals surface area contributed by atoms with E-state index in [-0.39, 0.29) is 10.9 Å². The van der Waals surface area contributed by atoms with Gasteiger partial charge in [-0.25, -0.2) is 9.78 Å². The first-order valence-electron chi connectivity index (χ1n) is 5.83. The van der Waals surface area contributed by atoms with E-state index in [9.17, 15) is 14.0 Å². The van der Waals surface area contributed by atoms with Gasteiger partial charge < -0.3 is 10.0 Å². The highest BCUT2D eigenvalue weighted by Gasteiger charge is 2.41. The van der Waals surface area contributed by atoms with Crippen LogP contribution in [0.1, 0.15) is 23.7 Å². The molecule has 0 saturated carbocycles. The van der Waals surface area contributed by atoms with Gasteiger partial charge in [0.1, 0.15) is 6.04 Å². The lowest BCUT2D eigenvalue weighted by Crippen LogP contribution is -2.45. The monoisotopic (exact) mass is 284 g/mol. The molecule has 5 nitrogen and oxygen atoms in total. The normalized spacial score (nSPS) is 22.5. The smallest absolute Gasteiger partial charge is 0.327 e. The molecule has 7 heteroatoms. The number of amides is 1. The van der Waals surface area contributed by atoms with Crippen molar-refractivity contribution in [1.82, 2.24) is 9.88 Å². The average molecular weight is 284 g/mol. The largest absolute Gasteiger partial charge is 0.480 e. The summed E-state index contributed by atoms with van der Waals surface area (Å²) in [5.41, 5.74) is 0.202. The van der Waals surface area contributed by atoms with E-state index in [0.717, 1.165) is 12.3 Å². The first-order valence-corrected chi connectivity index (χ1v) is 6.88. The van der Waals surface area contributed by atoms with Gasteiger partial charge in [-0.3, -0.25) is 4.79 Å². The fourth-order valence-corrected chi connectivity index (χ4v) is 3.34. The number of thioether (sulfide) groups is 1. The van der Waals surface area contributed by atoms with E-state index in [1.807, 2.05) is 6.92 Å². The number of nitrogens with zero attached hydrogens (tertiary/aromatic N) is 2. The van der Waals surface area contributed by atoms with Crippen LogP contribution >= 0.6 is 11.8 Å². The van der Waals surface area contributed by atoms with Crippen molar-refractivity contribution in [3.05, 3.63) is 29.8 Å². The maximum Gasteiger partial charge on any atom is 0.327 e. The SMILES string of the molecule is CCC1SCC(C(=O)O)N1C(=O)c1ccc(F)nc1. The van der Waals surface area contributed by atoms with Gasteiger partial charge in [-0.2, -0.15) is 4.39 Å². The van der Waals surface area contributed by atoms with Crippen LogP contribution in [0, 0.1) is 5.95 Å². The van der Waals surface area contributed by atoms with E-state index in [1.54, 1.807) is 0 Å². The zero-order valence-electron chi connectivity index (χ0n) is 10.2. The van der Waals surface area contributed by atoms with Gasteiger partial charge in [-0.1, -0.05) is 6.92 Å². The molecule has 1 fully saturated rings. The van der Waals surface area contributed by atoms with Crippen molar-refractivity contribution >= 4 is 23.6 Å². The summed E-state index contributed by atoms with van der Waals surface area (Å²) in [6.45, 7) is 1.89. The molecule has 0 radical (unpaired) electrons. The van der Waals surface area contributed by atoms with Crippen LogP contribution in [-0.2, 0) is 4.79 Å². The fraction of sp³-hybridized carbons (Fsp3) is 0.417. The van der Waals surface area contributed by atoms with Gasteiger partial charge in [-0.05, 0) is 18.6 Å². The van der Waals surface area contributed by atoms with Crippen LogP contribution in [0.4, 0.5) is 4.39 Å². The Morgan fingerprint density at radius 1 is 1.58 bits per heavy atom. The summed E-state index contributed by atoms with van der Waals surface area (Å²) < 4.78 is 12.7. The second-order valence-electron chi connectivity index (χ2n) is 4.13. The minimum atomic E-state index is -1.02. The van der Waals surface area contributed by atoms with E-state index in [4.69, 9.17) is 5.11 Å².